The number of aliphatic hydroxyl groups excluding tert-OH is 1. The predicted molar refractivity (Wildman–Crippen MR) is 38.9 cm³/mol. The topological polar surface area (TPSA) is 41.5 Å². The maximum Gasteiger partial charge on any atom is 0.0973 e. The van der Waals surface area contributed by atoms with Crippen molar-refractivity contribution >= 4 is 0 Å². The molecule has 1 aliphatic rings. The second-order valence-corrected chi connectivity index (χ2v) is 2.95. The third kappa shape index (κ3) is 1.94. The van der Waals surface area contributed by atoms with E-state index in [0.717, 1.165) is 6.54 Å². The Balaban J connectivity index is 2.26. The highest BCUT2D eigenvalue weighted by atomic mass is 16.5. The molecule has 1 unspecified atom stereocenters. The van der Waals surface area contributed by atoms with Gasteiger partial charge in [-0.2, -0.15) is 0 Å². The molecule has 3 nitrogen and oxygen atoms in total. The number of ether oxygens (including phenoxy) is 1. The Morgan fingerprint density at radius 3 is 2.60 bits per heavy atom. The van der Waals surface area contributed by atoms with Gasteiger partial charge in [0.15, 0.2) is 0 Å². The summed E-state index contributed by atoms with van der Waals surface area (Å²) in [6.45, 7) is 5.40. The van der Waals surface area contributed by atoms with Gasteiger partial charge in [-0.15, -0.1) is 0 Å². The fourth-order valence-electron chi connectivity index (χ4n) is 1.13. The Labute approximate surface area is 61.4 Å². The summed E-state index contributed by atoms with van der Waals surface area (Å²) >= 11 is 0. The lowest BCUT2D eigenvalue weighted by atomic mass is 10.2. The smallest absolute Gasteiger partial charge is 0.0973 e. The van der Waals surface area contributed by atoms with Gasteiger partial charge in [-0.1, -0.05) is 0 Å². The average molecular weight is 145 g/mol. The summed E-state index contributed by atoms with van der Waals surface area (Å²) in [6, 6.07) is 0. The molecule has 1 fully saturated rings. The maximum absolute atomic E-state index is 9.25. The molecule has 0 radical (unpaired) electrons. The van der Waals surface area contributed by atoms with Crippen molar-refractivity contribution in [3.05, 3.63) is 0 Å². The van der Waals surface area contributed by atoms with Gasteiger partial charge < -0.3 is 15.2 Å². The molecule has 0 spiro atoms. The molecule has 0 saturated carbocycles. The molecular weight excluding hydrogens is 130 g/mol. The maximum atomic E-state index is 9.25. The van der Waals surface area contributed by atoms with E-state index in [0.29, 0.717) is 6.54 Å². The Morgan fingerprint density at radius 2 is 2.20 bits per heavy atom. The van der Waals surface area contributed by atoms with Crippen molar-refractivity contribution < 1.29 is 9.84 Å². The molecule has 1 saturated heterocycles. The zero-order valence-electron chi connectivity index (χ0n) is 6.50. The van der Waals surface area contributed by atoms with E-state index in [1.165, 1.54) is 0 Å². The molecule has 0 aromatic carbocycles. The summed E-state index contributed by atoms with van der Waals surface area (Å²) in [5.41, 5.74) is 0. The summed E-state index contributed by atoms with van der Waals surface area (Å²) in [7, 11) is 0. The van der Waals surface area contributed by atoms with Crippen molar-refractivity contribution in [2.75, 3.05) is 13.1 Å². The summed E-state index contributed by atoms with van der Waals surface area (Å²) in [4.78, 5) is 0. The Morgan fingerprint density at radius 1 is 1.50 bits per heavy atom. The SMILES string of the molecule is CC(C)O[C@H]1CNCC1O. The molecule has 0 aliphatic carbocycles. The van der Waals surface area contributed by atoms with Crippen LogP contribution in [0.3, 0.4) is 0 Å². The van der Waals surface area contributed by atoms with Crippen LogP contribution in [0, 0.1) is 0 Å². The largest absolute Gasteiger partial charge is 0.389 e. The molecule has 10 heavy (non-hydrogen) atoms. The van der Waals surface area contributed by atoms with Crippen LogP contribution in [0.15, 0.2) is 0 Å². The first-order chi connectivity index (χ1) is 4.70. The van der Waals surface area contributed by atoms with Crippen molar-refractivity contribution in [2.45, 2.75) is 32.2 Å². The first-order valence-electron chi connectivity index (χ1n) is 3.74. The molecule has 2 N–H and O–H groups in total. The highest BCUT2D eigenvalue weighted by Crippen LogP contribution is 2.06. The van der Waals surface area contributed by atoms with E-state index in [2.05, 4.69) is 5.32 Å². The number of β-amino-alcohol motifs (C(OH)–C–C–N with tert-alkyl or cyclic N) is 1. The molecule has 0 aromatic heterocycles. The van der Waals surface area contributed by atoms with Crippen molar-refractivity contribution in [2.24, 2.45) is 0 Å². The van der Waals surface area contributed by atoms with Crippen LogP contribution in [0.25, 0.3) is 0 Å². The van der Waals surface area contributed by atoms with E-state index < -0.39 is 0 Å². The minimum atomic E-state index is -0.317. The summed E-state index contributed by atoms with van der Waals surface area (Å²) in [5, 5.41) is 12.3. The second-order valence-electron chi connectivity index (χ2n) is 2.95. The van der Waals surface area contributed by atoms with Crippen LogP contribution in [0.1, 0.15) is 13.8 Å². The van der Waals surface area contributed by atoms with Crippen LogP contribution < -0.4 is 5.32 Å². The highest BCUT2D eigenvalue weighted by molar-refractivity contribution is 4.81. The zero-order valence-corrected chi connectivity index (χ0v) is 6.50. The van der Waals surface area contributed by atoms with Crippen LogP contribution >= 0.6 is 0 Å². The van der Waals surface area contributed by atoms with Gasteiger partial charge in [0, 0.05) is 13.1 Å². The van der Waals surface area contributed by atoms with Gasteiger partial charge in [-0.3, -0.25) is 0 Å². The molecule has 1 aliphatic heterocycles. The van der Waals surface area contributed by atoms with Gasteiger partial charge >= 0.3 is 0 Å². The molecule has 3 heteroatoms. The molecule has 1 heterocycles. The number of rotatable bonds is 2. The van der Waals surface area contributed by atoms with Gasteiger partial charge in [0.2, 0.25) is 0 Å². The number of hydrogen-bond acceptors (Lipinski definition) is 3. The summed E-state index contributed by atoms with van der Waals surface area (Å²) in [6.07, 6.45) is -0.109. The Bertz CT molecular complexity index is 106. The van der Waals surface area contributed by atoms with Crippen LogP contribution in [0.4, 0.5) is 0 Å². The number of hydrogen-bond donors (Lipinski definition) is 2. The molecule has 2 atom stereocenters. The number of aliphatic hydroxyl groups is 1. The lowest BCUT2D eigenvalue weighted by Crippen LogP contribution is -2.29. The first-order valence-corrected chi connectivity index (χ1v) is 3.74. The van der Waals surface area contributed by atoms with Crippen LogP contribution in [0.2, 0.25) is 0 Å². The van der Waals surface area contributed by atoms with Crippen molar-refractivity contribution in [1.29, 1.82) is 0 Å². The second kappa shape index (κ2) is 3.32. The normalized spacial score (nSPS) is 33.6. The zero-order chi connectivity index (χ0) is 7.56. The van der Waals surface area contributed by atoms with E-state index in [-0.39, 0.29) is 18.3 Å². The lowest BCUT2D eigenvalue weighted by Gasteiger charge is -2.16. The first kappa shape index (κ1) is 7.98. The third-order valence-corrected chi connectivity index (χ3v) is 1.58. The Kier molecular flexibility index (Phi) is 2.65. The molecule has 0 bridgehead atoms. The fourth-order valence-corrected chi connectivity index (χ4v) is 1.13. The molecule has 60 valence electrons. The minimum absolute atomic E-state index is 0.000000000000000222. The van der Waals surface area contributed by atoms with E-state index in [1.54, 1.807) is 0 Å². The third-order valence-electron chi connectivity index (χ3n) is 1.58. The molecule has 1 rings (SSSR count). The van der Waals surface area contributed by atoms with Gasteiger partial charge in [0.1, 0.15) is 0 Å². The quantitative estimate of drug-likeness (QED) is 0.562. The minimum Gasteiger partial charge on any atom is -0.389 e. The lowest BCUT2D eigenvalue weighted by molar-refractivity contribution is -0.0388. The van der Waals surface area contributed by atoms with E-state index in [9.17, 15) is 5.11 Å². The van der Waals surface area contributed by atoms with Crippen LogP contribution in [-0.2, 0) is 4.74 Å². The van der Waals surface area contributed by atoms with E-state index in [4.69, 9.17) is 4.74 Å². The summed E-state index contributed by atoms with van der Waals surface area (Å²) in [5.74, 6) is 0. The molecule has 0 aromatic rings. The summed E-state index contributed by atoms with van der Waals surface area (Å²) < 4.78 is 5.41. The van der Waals surface area contributed by atoms with Crippen molar-refractivity contribution in [3.63, 3.8) is 0 Å². The van der Waals surface area contributed by atoms with Crippen LogP contribution in [0.5, 0.6) is 0 Å². The van der Waals surface area contributed by atoms with Gasteiger partial charge in [0.25, 0.3) is 0 Å². The van der Waals surface area contributed by atoms with E-state index >= 15 is 0 Å². The standard InChI is InChI=1S/C7H15NO2/c1-5(2)10-7-4-8-3-6(7)9/h5-9H,3-4H2,1-2H3/t6?,7-/m0/s1. The molecular formula is C7H15NO2. The molecule has 0 amide bonds. The number of nitrogens with one attached hydrogen (secondary N) is 1. The highest BCUT2D eigenvalue weighted by Gasteiger charge is 2.25. The van der Waals surface area contributed by atoms with Crippen molar-refractivity contribution in [1.82, 2.24) is 5.32 Å². The van der Waals surface area contributed by atoms with Gasteiger partial charge in [-0.25, -0.2) is 0 Å². The van der Waals surface area contributed by atoms with Gasteiger partial charge in [-0.05, 0) is 13.8 Å². The van der Waals surface area contributed by atoms with Crippen LogP contribution in [-0.4, -0.2) is 36.5 Å². The van der Waals surface area contributed by atoms with E-state index in [1.807, 2.05) is 13.8 Å². The monoisotopic (exact) mass is 145 g/mol. The van der Waals surface area contributed by atoms with Crippen molar-refractivity contribution in [3.8, 4) is 0 Å². The van der Waals surface area contributed by atoms with Gasteiger partial charge in [0.05, 0.1) is 18.3 Å². The average Bonchev–Trinajstić information content (AvgIpc) is 2.15. The predicted octanol–water partition coefficient (Wildman–Crippen LogP) is -0.256. The Hall–Kier alpha value is -0.120. The fraction of sp³-hybridized carbons (Fsp3) is 1.00.